The number of hydrogen-bond donors (Lipinski definition) is 2. The topological polar surface area (TPSA) is 73.6 Å². The molecule has 2 atom stereocenters. The van der Waals surface area contributed by atoms with Crippen LogP contribution in [0.15, 0.2) is 0 Å². The fourth-order valence-corrected chi connectivity index (χ4v) is 0.890. The molecule has 0 saturated heterocycles. The van der Waals surface area contributed by atoms with Crippen LogP contribution >= 0.6 is 12.4 Å². The van der Waals surface area contributed by atoms with Crippen molar-refractivity contribution in [3.63, 3.8) is 0 Å². The normalized spacial score (nSPS) is 13.8. The van der Waals surface area contributed by atoms with Gasteiger partial charge < -0.3 is 20.5 Å². The minimum absolute atomic E-state index is 0. The van der Waals surface area contributed by atoms with Crippen LogP contribution in [0.1, 0.15) is 13.8 Å². The molecule has 0 fully saturated rings. The number of nitrogens with one attached hydrogen (secondary N) is 1. The van der Waals surface area contributed by atoms with E-state index in [0.29, 0.717) is 26.4 Å². The highest BCUT2D eigenvalue weighted by Crippen LogP contribution is 1.98. The summed E-state index contributed by atoms with van der Waals surface area (Å²) in [7, 11) is 1.62. The zero-order valence-electron chi connectivity index (χ0n) is 10.2. The first-order chi connectivity index (χ1) is 7.09. The van der Waals surface area contributed by atoms with Gasteiger partial charge in [-0.1, -0.05) is 6.92 Å². The molecule has 0 aromatic carbocycles. The molecule has 0 radical (unpaired) electrons. The first-order valence-electron chi connectivity index (χ1n) is 5.19. The highest BCUT2D eigenvalue weighted by Gasteiger charge is 2.15. The molecule has 98 valence electrons. The number of amides is 1. The van der Waals surface area contributed by atoms with Gasteiger partial charge in [0, 0.05) is 25.6 Å². The summed E-state index contributed by atoms with van der Waals surface area (Å²) in [5.74, 6) is -0.190. The van der Waals surface area contributed by atoms with Gasteiger partial charge in [0.05, 0.1) is 19.8 Å². The maximum Gasteiger partial charge on any atom is 0.224 e. The number of rotatable bonds is 8. The standard InChI is InChI=1S/C10H22N2O3.ClH/c1-8(9(2)11)10(13)12-4-5-15-7-6-14-3;/h8-9H,4-7,11H2,1-3H3,(H,12,13);1H. The molecule has 2 unspecified atom stereocenters. The van der Waals surface area contributed by atoms with Crippen molar-refractivity contribution in [2.45, 2.75) is 19.9 Å². The lowest BCUT2D eigenvalue weighted by molar-refractivity contribution is -0.125. The summed E-state index contributed by atoms with van der Waals surface area (Å²) in [4.78, 5) is 11.4. The number of methoxy groups -OCH3 is 1. The van der Waals surface area contributed by atoms with E-state index < -0.39 is 0 Å². The maximum absolute atomic E-state index is 11.4. The third-order valence-electron chi connectivity index (χ3n) is 2.18. The number of carbonyl (C=O) groups is 1. The van der Waals surface area contributed by atoms with Crippen LogP contribution in [0.25, 0.3) is 0 Å². The summed E-state index contributed by atoms with van der Waals surface area (Å²) < 4.78 is 10.0. The van der Waals surface area contributed by atoms with Crippen LogP contribution in [0, 0.1) is 5.92 Å². The van der Waals surface area contributed by atoms with Crippen molar-refractivity contribution in [2.24, 2.45) is 11.7 Å². The Labute approximate surface area is 103 Å². The van der Waals surface area contributed by atoms with Crippen molar-refractivity contribution < 1.29 is 14.3 Å². The fourth-order valence-electron chi connectivity index (χ4n) is 0.890. The van der Waals surface area contributed by atoms with Gasteiger partial charge in [0.25, 0.3) is 0 Å². The van der Waals surface area contributed by atoms with E-state index in [1.807, 2.05) is 13.8 Å². The molecule has 0 heterocycles. The number of ether oxygens (including phenoxy) is 2. The fraction of sp³-hybridized carbons (Fsp3) is 0.900. The first-order valence-corrected chi connectivity index (χ1v) is 5.19. The van der Waals surface area contributed by atoms with Crippen molar-refractivity contribution in [1.29, 1.82) is 0 Å². The summed E-state index contributed by atoms with van der Waals surface area (Å²) in [6.07, 6.45) is 0. The molecule has 1 amide bonds. The second kappa shape index (κ2) is 11.1. The smallest absolute Gasteiger partial charge is 0.224 e. The monoisotopic (exact) mass is 254 g/mol. The lowest BCUT2D eigenvalue weighted by atomic mass is 10.0. The molecule has 0 rings (SSSR count). The molecule has 3 N–H and O–H groups in total. The molecule has 0 aromatic heterocycles. The van der Waals surface area contributed by atoms with Crippen LogP contribution in [-0.4, -0.2) is 45.4 Å². The van der Waals surface area contributed by atoms with Gasteiger partial charge in [0.15, 0.2) is 0 Å². The minimum Gasteiger partial charge on any atom is -0.382 e. The Bertz CT molecular complexity index is 179. The summed E-state index contributed by atoms with van der Waals surface area (Å²) in [6, 6.07) is -0.126. The van der Waals surface area contributed by atoms with Crippen molar-refractivity contribution in [1.82, 2.24) is 5.32 Å². The van der Waals surface area contributed by atoms with Gasteiger partial charge in [-0.25, -0.2) is 0 Å². The average molecular weight is 255 g/mol. The van der Waals surface area contributed by atoms with E-state index in [0.717, 1.165) is 0 Å². The van der Waals surface area contributed by atoms with E-state index >= 15 is 0 Å². The van der Waals surface area contributed by atoms with Crippen LogP contribution in [0.5, 0.6) is 0 Å². The van der Waals surface area contributed by atoms with E-state index in [-0.39, 0.29) is 30.3 Å². The predicted octanol–water partition coefficient (Wildman–Crippen LogP) is 0.171. The first kappa shape index (κ1) is 18.0. The van der Waals surface area contributed by atoms with E-state index in [1.54, 1.807) is 7.11 Å². The van der Waals surface area contributed by atoms with E-state index in [9.17, 15) is 4.79 Å². The van der Waals surface area contributed by atoms with Crippen LogP contribution in [0.2, 0.25) is 0 Å². The number of nitrogens with two attached hydrogens (primary N) is 1. The van der Waals surface area contributed by atoms with Crippen LogP contribution in [0.4, 0.5) is 0 Å². The molecular formula is C10H23ClN2O3. The third-order valence-corrected chi connectivity index (χ3v) is 2.18. The molecular weight excluding hydrogens is 232 g/mol. The summed E-state index contributed by atoms with van der Waals surface area (Å²) in [5, 5.41) is 2.76. The molecule has 0 saturated carbocycles. The Morgan fingerprint density at radius 3 is 2.44 bits per heavy atom. The lowest BCUT2D eigenvalue weighted by Crippen LogP contribution is -2.39. The summed E-state index contributed by atoms with van der Waals surface area (Å²) in [6.45, 7) is 5.77. The second-order valence-electron chi connectivity index (χ2n) is 3.54. The molecule has 6 heteroatoms. The average Bonchev–Trinajstić information content (AvgIpc) is 2.21. The quantitative estimate of drug-likeness (QED) is 0.606. The molecule has 0 aliphatic heterocycles. The van der Waals surface area contributed by atoms with Gasteiger partial charge in [-0.3, -0.25) is 4.79 Å². The van der Waals surface area contributed by atoms with Crippen molar-refractivity contribution >= 4 is 18.3 Å². The van der Waals surface area contributed by atoms with Gasteiger partial charge in [-0.15, -0.1) is 12.4 Å². The van der Waals surface area contributed by atoms with Gasteiger partial charge in [-0.2, -0.15) is 0 Å². The molecule has 5 nitrogen and oxygen atoms in total. The minimum atomic E-state index is -0.163. The highest BCUT2D eigenvalue weighted by molar-refractivity contribution is 5.85. The number of hydrogen-bond acceptors (Lipinski definition) is 4. The Morgan fingerprint density at radius 2 is 1.94 bits per heavy atom. The van der Waals surface area contributed by atoms with E-state index in [2.05, 4.69) is 5.32 Å². The molecule has 0 bridgehead atoms. The molecule has 0 aliphatic carbocycles. The van der Waals surface area contributed by atoms with Gasteiger partial charge in [0.2, 0.25) is 5.91 Å². The van der Waals surface area contributed by atoms with Gasteiger partial charge in [0.1, 0.15) is 0 Å². The van der Waals surface area contributed by atoms with E-state index in [1.165, 1.54) is 0 Å². The Kier molecular flexibility index (Phi) is 12.5. The van der Waals surface area contributed by atoms with Crippen molar-refractivity contribution in [2.75, 3.05) is 33.5 Å². The zero-order valence-corrected chi connectivity index (χ0v) is 11.0. The van der Waals surface area contributed by atoms with Gasteiger partial charge >= 0.3 is 0 Å². The van der Waals surface area contributed by atoms with Crippen molar-refractivity contribution in [3.8, 4) is 0 Å². The SMILES string of the molecule is COCCOCCNC(=O)C(C)C(C)N.Cl. The van der Waals surface area contributed by atoms with Crippen LogP contribution in [-0.2, 0) is 14.3 Å². The zero-order chi connectivity index (χ0) is 11.7. The molecule has 16 heavy (non-hydrogen) atoms. The number of carbonyl (C=O) groups excluding carboxylic acids is 1. The second-order valence-corrected chi connectivity index (χ2v) is 3.54. The Balaban J connectivity index is 0. The molecule has 0 spiro atoms. The Morgan fingerprint density at radius 1 is 1.31 bits per heavy atom. The van der Waals surface area contributed by atoms with Crippen molar-refractivity contribution in [3.05, 3.63) is 0 Å². The van der Waals surface area contributed by atoms with E-state index in [4.69, 9.17) is 15.2 Å². The lowest BCUT2D eigenvalue weighted by Gasteiger charge is -2.15. The predicted molar refractivity (Wildman–Crippen MR) is 65.8 cm³/mol. The third kappa shape index (κ3) is 8.91. The summed E-state index contributed by atoms with van der Waals surface area (Å²) >= 11 is 0. The van der Waals surface area contributed by atoms with Gasteiger partial charge in [-0.05, 0) is 6.92 Å². The Hall–Kier alpha value is -0.360. The maximum atomic E-state index is 11.4. The highest BCUT2D eigenvalue weighted by atomic mass is 35.5. The largest absolute Gasteiger partial charge is 0.382 e. The molecule has 0 aliphatic rings. The van der Waals surface area contributed by atoms with Crippen LogP contribution < -0.4 is 11.1 Å². The number of halogens is 1. The summed E-state index contributed by atoms with van der Waals surface area (Å²) in [5.41, 5.74) is 5.60. The van der Waals surface area contributed by atoms with Crippen LogP contribution in [0.3, 0.4) is 0 Å². The molecule has 0 aromatic rings.